The quantitative estimate of drug-likeness (QED) is 0.569. The molecule has 0 saturated heterocycles. The zero-order chi connectivity index (χ0) is 18.1. The highest BCUT2D eigenvalue weighted by atomic mass is 16.6. The van der Waals surface area contributed by atoms with Crippen LogP contribution in [-0.4, -0.2) is 15.7 Å². The van der Waals surface area contributed by atoms with Crippen LogP contribution in [0.5, 0.6) is 0 Å². The van der Waals surface area contributed by atoms with Gasteiger partial charge >= 0.3 is 0 Å². The molecule has 0 bridgehead atoms. The first kappa shape index (κ1) is 15.9. The Morgan fingerprint density at radius 3 is 2.62 bits per heavy atom. The molecule has 0 radical (unpaired) electrons. The van der Waals surface area contributed by atoms with Crippen LogP contribution in [0.25, 0.3) is 0 Å². The van der Waals surface area contributed by atoms with E-state index in [9.17, 15) is 14.9 Å². The highest BCUT2D eigenvalue weighted by Crippen LogP contribution is 2.37. The second-order valence-electron chi connectivity index (χ2n) is 5.92. The molecule has 0 fully saturated rings. The van der Waals surface area contributed by atoms with Gasteiger partial charge in [0.2, 0.25) is 0 Å². The zero-order valence-corrected chi connectivity index (χ0v) is 13.7. The zero-order valence-electron chi connectivity index (χ0n) is 13.7. The lowest BCUT2D eigenvalue weighted by atomic mass is 10.0. The number of amides is 1. The summed E-state index contributed by atoms with van der Waals surface area (Å²) < 4.78 is 5.38. The molecule has 0 aliphatic carbocycles. The van der Waals surface area contributed by atoms with Crippen LogP contribution in [0.4, 0.5) is 11.4 Å². The van der Waals surface area contributed by atoms with Crippen molar-refractivity contribution in [3.05, 3.63) is 93.9 Å². The Morgan fingerprint density at radius 1 is 1.08 bits per heavy atom. The average molecular weight is 349 g/mol. The molecule has 1 atom stereocenters. The second-order valence-corrected chi connectivity index (χ2v) is 5.92. The highest BCUT2D eigenvalue weighted by Gasteiger charge is 2.36. The Morgan fingerprint density at radius 2 is 1.85 bits per heavy atom. The van der Waals surface area contributed by atoms with Crippen LogP contribution in [0.15, 0.2) is 71.3 Å². The molecule has 7 heteroatoms. The van der Waals surface area contributed by atoms with E-state index in [4.69, 9.17) is 4.42 Å². The van der Waals surface area contributed by atoms with Gasteiger partial charge in [-0.15, -0.1) is 0 Å². The van der Waals surface area contributed by atoms with Crippen molar-refractivity contribution in [1.82, 2.24) is 4.90 Å². The summed E-state index contributed by atoms with van der Waals surface area (Å²) in [6.45, 7) is 0.198. The Hall–Kier alpha value is -3.61. The fraction of sp³-hybridized carbons (Fsp3) is 0.105. The van der Waals surface area contributed by atoms with Crippen LogP contribution in [0.1, 0.15) is 27.8 Å². The van der Waals surface area contributed by atoms with E-state index in [0.29, 0.717) is 22.6 Å². The van der Waals surface area contributed by atoms with Gasteiger partial charge < -0.3 is 14.6 Å². The Labute approximate surface area is 149 Å². The van der Waals surface area contributed by atoms with Gasteiger partial charge in [0.05, 0.1) is 28.9 Å². The van der Waals surface area contributed by atoms with Crippen molar-refractivity contribution in [3.8, 4) is 0 Å². The molecular formula is C19H15N3O4. The summed E-state index contributed by atoms with van der Waals surface area (Å²) in [4.78, 5) is 25.7. The summed E-state index contributed by atoms with van der Waals surface area (Å²) in [6.07, 6.45) is 0.856. The molecule has 1 aromatic heterocycles. The van der Waals surface area contributed by atoms with Crippen molar-refractivity contribution in [2.24, 2.45) is 0 Å². The first-order valence-corrected chi connectivity index (χ1v) is 8.07. The maximum atomic E-state index is 13.1. The first-order valence-electron chi connectivity index (χ1n) is 8.07. The van der Waals surface area contributed by atoms with Crippen molar-refractivity contribution in [2.45, 2.75) is 12.7 Å². The van der Waals surface area contributed by atoms with E-state index in [1.807, 2.05) is 6.07 Å². The van der Waals surface area contributed by atoms with Crippen molar-refractivity contribution in [1.29, 1.82) is 0 Å². The smallest absolute Gasteiger partial charge is 0.276 e. The van der Waals surface area contributed by atoms with Crippen LogP contribution < -0.4 is 5.32 Å². The maximum absolute atomic E-state index is 13.1. The number of nitrogens with zero attached hydrogens (tertiary/aromatic N) is 2. The number of carbonyl (C=O) groups excluding carboxylic acids is 1. The van der Waals surface area contributed by atoms with Gasteiger partial charge in [-0.2, -0.15) is 0 Å². The fourth-order valence-electron chi connectivity index (χ4n) is 3.16. The number of fused-ring (bicyclic) bond motifs is 1. The van der Waals surface area contributed by atoms with Gasteiger partial charge in [0.1, 0.15) is 11.9 Å². The Bertz CT molecular complexity index is 968. The van der Waals surface area contributed by atoms with Crippen LogP contribution in [-0.2, 0) is 6.54 Å². The summed E-state index contributed by atoms with van der Waals surface area (Å²) in [6, 6.07) is 17.1. The van der Waals surface area contributed by atoms with E-state index in [2.05, 4.69) is 5.32 Å². The van der Waals surface area contributed by atoms with Gasteiger partial charge in [-0.25, -0.2) is 0 Å². The lowest BCUT2D eigenvalue weighted by molar-refractivity contribution is -0.385. The lowest BCUT2D eigenvalue weighted by Gasteiger charge is -2.37. The molecule has 0 saturated carbocycles. The van der Waals surface area contributed by atoms with E-state index in [-0.39, 0.29) is 18.1 Å². The number of carbonyl (C=O) groups is 1. The SMILES string of the molecule is O=C1c2ccccc2NC(c2ccccc2[N+](=O)[O-])N1Cc1ccco1. The molecule has 1 N–H and O–H groups in total. The minimum Gasteiger partial charge on any atom is -0.467 e. The van der Waals surface area contributed by atoms with Crippen molar-refractivity contribution >= 4 is 17.3 Å². The minimum absolute atomic E-state index is 0.0402. The largest absolute Gasteiger partial charge is 0.467 e. The van der Waals surface area contributed by atoms with E-state index in [1.165, 1.54) is 12.3 Å². The van der Waals surface area contributed by atoms with E-state index in [1.54, 1.807) is 53.4 Å². The highest BCUT2D eigenvalue weighted by molar-refractivity contribution is 6.01. The van der Waals surface area contributed by atoms with Gasteiger partial charge in [0, 0.05) is 11.8 Å². The molecule has 26 heavy (non-hydrogen) atoms. The number of anilines is 1. The average Bonchev–Trinajstić information content (AvgIpc) is 3.17. The van der Waals surface area contributed by atoms with E-state index >= 15 is 0 Å². The molecule has 2 aromatic carbocycles. The third-order valence-corrected chi connectivity index (χ3v) is 4.36. The Kier molecular flexibility index (Phi) is 3.89. The summed E-state index contributed by atoms with van der Waals surface area (Å²) >= 11 is 0. The number of rotatable bonds is 4. The van der Waals surface area contributed by atoms with Crippen molar-refractivity contribution in [3.63, 3.8) is 0 Å². The van der Waals surface area contributed by atoms with Crippen molar-refractivity contribution in [2.75, 3.05) is 5.32 Å². The first-order chi connectivity index (χ1) is 12.6. The standard InChI is InChI=1S/C19H15N3O4/c23-19-14-7-1-3-9-16(14)20-18(21(19)12-13-6-5-11-26-13)15-8-2-4-10-17(15)22(24)25/h1-11,18,20H,12H2. The molecule has 4 rings (SSSR count). The number of nitro groups is 1. The third kappa shape index (κ3) is 2.69. The number of hydrogen-bond acceptors (Lipinski definition) is 5. The molecule has 7 nitrogen and oxygen atoms in total. The number of benzene rings is 2. The van der Waals surface area contributed by atoms with Gasteiger partial charge in [-0.3, -0.25) is 14.9 Å². The van der Waals surface area contributed by atoms with E-state index in [0.717, 1.165) is 0 Å². The van der Waals surface area contributed by atoms with Gasteiger partial charge in [0.15, 0.2) is 0 Å². The maximum Gasteiger partial charge on any atom is 0.276 e. The molecule has 1 unspecified atom stereocenters. The number of furan rings is 1. The topological polar surface area (TPSA) is 88.6 Å². The van der Waals surface area contributed by atoms with Crippen LogP contribution in [0.2, 0.25) is 0 Å². The molecule has 1 amide bonds. The molecular weight excluding hydrogens is 334 g/mol. The predicted octanol–water partition coefficient (Wildman–Crippen LogP) is 3.95. The summed E-state index contributed by atoms with van der Waals surface area (Å²) in [7, 11) is 0. The summed E-state index contributed by atoms with van der Waals surface area (Å²) in [5.41, 5.74) is 1.55. The van der Waals surface area contributed by atoms with Gasteiger partial charge in [0.25, 0.3) is 11.6 Å². The normalized spacial score (nSPS) is 16.1. The molecule has 1 aliphatic rings. The Balaban J connectivity index is 1.82. The van der Waals surface area contributed by atoms with E-state index < -0.39 is 11.1 Å². The molecule has 3 aromatic rings. The number of hydrogen-bond donors (Lipinski definition) is 1. The summed E-state index contributed by atoms with van der Waals surface area (Å²) in [5, 5.41) is 14.7. The molecule has 130 valence electrons. The van der Waals surface area contributed by atoms with Crippen molar-refractivity contribution < 1.29 is 14.1 Å². The third-order valence-electron chi connectivity index (χ3n) is 4.36. The molecule has 1 aliphatic heterocycles. The number of nitro benzene ring substituents is 1. The predicted molar refractivity (Wildman–Crippen MR) is 94.5 cm³/mol. The summed E-state index contributed by atoms with van der Waals surface area (Å²) in [5.74, 6) is 0.391. The minimum atomic E-state index is -0.677. The van der Waals surface area contributed by atoms with Gasteiger partial charge in [-0.1, -0.05) is 24.3 Å². The van der Waals surface area contributed by atoms with Gasteiger partial charge in [-0.05, 0) is 30.3 Å². The van der Waals surface area contributed by atoms with Crippen LogP contribution >= 0.6 is 0 Å². The number of nitrogens with one attached hydrogen (secondary N) is 1. The number of para-hydroxylation sites is 2. The van der Waals surface area contributed by atoms with Crippen LogP contribution in [0, 0.1) is 10.1 Å². The molecule has 2 heterocycles. The monoisotopic (exact) mass is 349 g/mol. The lowest BCUT2D eigenvalue weighted by Crippen LogP contribution is -2.42. The van der Waals surface area contributed by atoms with Crippen LogP contribution in [0.3, 0.4) is 0 Å². The fourth-order valence-corrected chi connectivity index (χ4v) is 3.16. The second kappa shape index (κ2) is 6.36. The molecule has 0 spiro atoms.